The molecule has 1 aromatic carbocycles. The summed E-state index contributed by atoms with van der Waals surface area (Å²) in [6.45, 7) is 0. The van der Waals surface area contributed by atoms with Gasteiger partial charge in [0.25, 0.3) is 0 Å². The summed E-state index contributed by atoms with van der Waals surface area (Å²) in [5, 5.41) is 0. The first kappa shape index (κ1) is 6.69. The van der Waals surface area contributed by atoms with E-state index in [1.54, 1.807) is 0 Å². The molecule has 1 rings (SSSR count). The maximum atomic E-state index is 2.27. The van der Waals surface area contributed by atoms with Gasteiger partial charge in [-0.15, -0.1) is 0 Å². The van der Waals surface area contributed by atoms with Crippen molar-refractivity contribution >= 4 is 10.9 Å². The van der Waals surface area contributed by atoms with Gasteiger partial charge >= 0.3 is 0 Å². The molecule has 0 N–H and O–H groups in total. The van der Waals surface area contributed by atoms with Crippen LogP contribution in [0.25, 0.3) is 0 Å². The van der Waals surface area contributed by atoms with Gasteiger partial charge in [0.1, 0.15) is 0 Å². The molecule has 1 aromatic rings. The second kappa shape index (κ2) is 2.92. The summed E-state index contributed by atoms with van der Waals surface area (Å²) >= 11 is 0. The maximum Gasteiger partial charge on any atom is -0.0130 e. The van der Waals surface area contributed by atoms with Gasteiger partial charge in [-0.2, -0.15) is 0 Å². The molecule has 0 unspecified atom stereocenters. The summed E-state index contributed by atoms with van der Waals surface area (Å²) in [4.78, 5) is 1.48. The van der Waals surface area contributed by atoms with E-state index in [2.05, 4.69) is 42.8 Å². The molecule has 0 bridgehead atoms. The Balaban J connectivity index is 2.85. The van der Waals surface area contributed by atoms with E-state index in [1.807, 2.05) is 0 Å². The minimum absolute atomic E-state index is 0.104. The van der Waals surface area contributed by atoms with Crippen LogP contribution in [0.15, 0.2) is 35.2 Å². The van der Waals surface area contributed by atoms with Crippen LogP contribution in [-0.4, -0.2) is 12.5 Å². The molecular weight excluding hydrogens is 128 g/mol. The summed E-state index contributed by atoms with van der Waals surface area (Å²) in [6.07, 6.45) is 4.54. The quantitative estimate of drug-likeness (QED) is 0.569. The molecule has 0 nitrogen and oxygen atoms in total. The highest BCUT2D eigenvalue weighted by Gasteiger charge is 1.88. The van der Waals surface area contributed by atoms with Crippen molar-refractivity contribution in [3.05, 3.63) is 30.3 Å². The Hall–Kier alpha value is -0.430. The lowest BCUT2D eigenvalue weighted by molar-refractivity contribution is 1.46. The van der Waals surface area contributed by atoms with Crippen LogP contribution in [0.4, 0.5) is 0 Å². The van der Waals surface area contributed by atoms with Crippen LogP contribution in [0.2, 0.25) is 0 Å². The van der Waals surface area contributed by atoms with Crippen molar-refractivity contribution in [2.24, 2.45) is 0 Å². The van der Waals surface area contributed by atoms with Crippen LogP contribution in [0, 0.1) is 0 Å². The number of rotatable bonds is 1. The zero-order chi connectivity index (χ0) is 6.69. The molecule has 1 heteroatoms. The van der Waals surface area contributed by atoms with Crippen molar-refractivity contribution in [2.45, 2.75) is 4.90 Å². The van der Waals surface area contributed by atoms with Gasteiger partial charge in [-0.25, -0.2) is 10.9 Å². The Morgan fingerprint density at radius 1 is 1.00 bits per heavy atom. The number of benzene rings is 1. The van der Waals surface area contributed by atoms with E-state index in [1.165, 1.54) is 4.90 Å². The minimum atomic E-state index is 0.104. The van der Waals surface area contributed by atoms with Crippen LogP contribution in [0.5, 0.6) is 0 Å². The molecule has 0 spiro atoms. The van der Waals surface area contributed by atoms with Crippen LogP contribution in [0.3, 0.4) is 0 Å². The van der Waals surface area contributed by atoms with E-state index in [9.17, 15) is 0 Å². The van der Waals surface area contributed by atoms with Crippen LogP contribution >= 0.6 is 10.9 Å². The van der Waals surface area contributed by atoms with Crippen LogP contribution in [-0.2, 0) is 0 Å². The number of hydrogen-bond acceptors (Lipinski definition) is 0. The van der Waals surface area contributed by atoms with Crippen molar-refractivity contribution in [1.29, 1.82) is 0 Å². The van der Waals surface area contributed by atoms with E-state index < -0.39 is 0 Å². The van der Waals surface area contributed by atoms with Gasteiger partial charge in [0.05, 0.1) is 0 Å². The topological polar surface area (TPSA) is 0 Å². The number of thiol groups is 1. The molecule has 0 atom stereocenters. The van der Waals surface area contributed by atoms with Crippen LogP contribution < -0.4 is 0 Å². The summed E-state index contributed by atoms with van der Waals surface area (Å²) < 4.78 is 0. The lowest BCUT2D eigenvalue weighted by atomic mass is 10.4. The van der Waals surface area contributed by atoms with Crippen molar-refractivity contribution < 1.29 is 0 Å². The monoisotopic (exact) mass is 140 g/mol. The van der Waals surface area contributed by atoms with Crippen molar-refractivity contribution in [2.75, 3.05) is 12.5 Å². The average molecular weight is 140 g/mol. The molecule has 0 saturated carbocycles. The highest BCUT2D eigenvalue weighted by atomic mass is 32.2. The molecule has 0 amide bonds. The first-order valence-electron chi connectivity index (χ1n) is 3.03. The zero-order valence-electron chi connectivity index (χ0n) is 5.83. The predicted molar refractivity (Wildman–Crippen MR) is 45.5 cm³/mol. The molecule has 0 aromatic heterocycles. The third kappa shape index (κ3) is 1.75. The summed E-state index contributed by atoms with van der Waals surface area (Å²) in [7, 11) is 0.104. The standard InChI is InChI=1S/C8H12S/c1-9(2)8-6-4-3-5-7-8/h3-7,9H,1-2H3. The lowest BCUT2D eigenvalue weighted by Gasteiger charge is -2.07. The van der Waals surface area contributed by atoms with Gasteiger partial charge in [0.2, 0.25) is 0 Å². The summed E-state index contributed by atoms with van der Waals surface area (Å²) in [6, 6.07) is 10.6. The normalized spacial score (nSPS) is 11.1. The number of hydrogen-bond donors (Lipinski definition) is 1. The molecule has 0 aliphatic rings. The van der Waals surface area contributed by atoms with Gasteiger partial charge in [-0.3, -0.25) is 0 Å². The molecule has 9 heavy (non-hydrogen) atoms. The van der Waals surface area contributed by atoms with Crippen molar-refractivity contribution in [3.8, 4) is 0 Å². The first-order valence-corrected chi connectivity index (χ1v) is 5.26. The van der Waals surface area contributed by atoms with E-state index in [4.69, 9.17) is 0 Å². The second-order valence-electron chi connectivity index (χ2n) is 2.23. The Labute approximate surface area is 59.3 Å². The largest absolute Gasteiger partial charge is 0.233 e. The minimum Gasteiger partial charge on any atom is -0.233 e. The SMILES string of the molecule is C[SH](C)c1ccccc1. The lowest BCUT2D eigenvalue weighted by Crippen LogP contribution is -1.74. The Morgan fingerprint density at radius 2 is 1.56 bits per heavy atom. The van der Waals surface area contributed by atoms with Gasteiger partial charge in [0, 0.05) is 0 Å². The molecular formula is C8H12S. The van der Waals surface area contributed by atoms with Gasteiger partial charge in [0.15, 0.2) is 0 Å². The summed E-state index contributed by atoms with van der Waals surface area (Å²) in [5.74, 6) is 0. The predicted octanol–water partition coefficient (Wildman–Crippen LogP) is 2.31. The van der Waals surface area contributed by atoms with Crippen LogP contribution in [0.1, 0.15) is 0 Å². The third-order valence-electron chi connectivity index (χ3n) is 1.27. The molecule has 0 saturated heterocycles. The Bertz CT molecular complexity index is 167. The fourth-order valence-corrected chi connectivity index (χ4v) is 1.49. The smallest absolute Gasteiger partial charge is 0.0130 e. The fraction of sp³-hybridized carbons (Fsp3) is 0.250. The first-order chi connectivity index (χ1) is 4.30. The highest BCUT2D eigenvalue weighted by Crippen LogP contribution is 2.26. The second-order valence-corrected chi connectivity index (χ2v) is 4.54. The molecule has 50 valence electrons. The summed E-state index contributed by atoms with van der Waals surface area (Å²) in [5.41, 5.74) is 0. The van der Waals surface area contributed by atoms with Gasteiger partial charge in [-0.1, -0.05) is 30.3 Å². The molecule has 0 aliphatic carbocycles. The molecule has 0 radical (unpaired) electrons. The van der Waals surface area contributed by atoms with Crippen molar-refractivity contribution in [3.63, 3.8) is 0 Å². The average Bonchev–Trinajstić information content (AvgIpc) is 1.90. The van der Waals surface area contributed by atoms with E-state index >= 15 is 0 Å². The van der Waals surface area contributed by atoms with E-state index in [0.717, 1.165) is 0 Å². The van der Waals surface area contributed by atoms with Gasteiger partial charge < -0.3 is 0 Å². The van der Waals surface area contributed by atoms with E-state index in [-0.39, 0.29) is 10.9 Å². The fourth-order valence-electron chi connectivity index (χ4n) is 0.726. The van der Waals surface area contributed by atoms with Gasteiger partial charge in [-0.05, 0) is 17.4 Å². The van der Waals surface area contributed by atoms with E-state index in [0.29, 0.717) is 0 Å². The third-order valence-corrected chi connectivity index (χ3v) is 2.60. The maximum absolute atomic E-state index is 2.27. The van der Waals surface area contributed by atoms with Crippen molar-refractivity contribution in [1.82, 2.24) is 0 Å². The molecule has 0 aliphatic heterocycles. The highest BCUT2D eigenvalue weighted by molar-refractivity contribution is 8.15. The molecule has 0 heterocycles. The molecule has 0 fully saturated rings. The zero-order valence-corrected chi connectivity index (χ0v) is 6.73. The Morgan fingerprint density at radius 3 is 1.89 bits per heavy atom. The Kier molecular flexibility index (Phi) is 2.17.